The van der Waals surface area contributed by atoms with E-state index < -0.39 is 0 Å². The van der Waals surface area contributed by atoms with Gasteiger partial charge >= 0.3 is 0 Å². The van der Waals surface area contributed by atoms with E-state index in [2.05, 4.69) is 22.1 Å². The molecule has 1 aliphatic heterocycles. The molecule has 20 heavy (non-hydrogen) atoms. The number of hydrogen-bond acceptors (Lipinski definition) is 3. The van der Waals surface area contributed by atoms with E-state index in [1.807, 2.05) is 0 Å². The molecule has 1 atom stereocenters. The average Bonchev–Trinajstić information content (AvgIpc) is 3.30. The van der Waals surface area contributed by atoms with Crippen LogP contribution in [0.2, 0.25) is 0 Å². The van der Waals surface area contributed by atoms with Gasteiger partial charge in [0.05, 0.1) is 11.9 Å². The molecule has 3 rings (SSSR count). The summed E-state index contributed by atoms with van der Waals surface area (Å²) in [5.74, 6) is 0.694. The molecule has 1 N–H and O–H groups in total. The summed E-state index contributed by atoms with van der Waals surface area (Å²) in [6.07, 6.45) is 6.56. The van der Waals surface area contributed by atoms with Crippen LogP contribution >= 0.6 is 0 Å². The second-order valence-electron chi connectivity index (χ2n) is 6.24. The number of rotatable bonds is 5. The van der Waals surface area contributed by atoms with Gasteiger partial charge in [0.1, 0.15) is 5.82 Å². The highest BCUT2D eigenvalue weighted by Gasteiger charge is 2.26. The molecule has 1 saturated carbocycles. The van der Waals surface area contributed by atoms with E-state index in [-0.39, 0.29) is 11.9 Å². The Bertz CT molecular complexity index is 422. The van der Waals surface area contributed by atoms with Crippen molar-refractivity contribution < 1.29 is 4.39 Å². The number of halogens is 1. The summed E-state index contributed by atoms with van der Waals surface area (Å²) in [5.41, 5.74) is 0.968. The lowest BCUT2D eigenvalue weighted by molar-refractivity contribution is 0.150. The minimum Gasteiger partial charge on any atom is -0.314 e. The summed E-state index contributed by atoms with van der Waals surface area (Å²) in [6.45, 7) is 5.57. The Morgan fingerprint density at radius 1 is 1.30 bits per heavy atom. The molecule has 1 aliphatic carbocycles. The van der Waals surface area contributed by atoms with E-state index in [9.17, 15) is 4.39 Å². The van der Waals surface area contributed by atoms with E-state index in [4.69, 9.17) is 0 Å². The Labute approximate surface area is 120 Å². The van der Waals surface area contributed by atoms with Crippen LogP contribution < -0.4 is 5.32 Å². The summed E-state index contributed by atoms with van der Waals surface area (Å²) < 4.78 is 12.9. The molecule has 3 nitrogen and oxygen atoms in total. The first-order valence-corrected chi connectivity index (χ1v) is 7.81. The molecule has 1 saturated heterocycles. The van der Waals surface area contributed by atoms with Crippen molar-refractivity contribution in [2.24, 2.45) is 5.92 Å². The summed E-state index contributed by atoms with van der Waals surface area (Å²) in [4.78, 5) is 6.66. The van der Waals surface area contributed by atoms with E-state index >= 15 is 0 Å². The second-order valence-corrected chi connectivity index (χ2v) is 6.24. The van der Waals surface area contributed by atoms with Crippen LogP contribution in [0.15, 0.2) is 18.3 Å². The molecule has 1 unspecified atom stereocenters. The molecule has 2 aliphatic rings. The molecule has 1 aromatic heterocycles. The number of hydrogen-bond donors (Lipinski definition) is 1. The standard InChI is InChI=1S/C16H24FN3/c1-12(16-5-4-14(17)11-19-16)20-8-6-15(7-9-20)18-10-13-2-3-13/h4-5,11-13,15,18H,2-3,6-10H2,1H3. The molecule has 0 aromatic carbocycles. The van der Waals surface area contributed by atoms with Gasteiger partial charge in [-0.3, -0.25) is 9.88 Å². The molecule has 2 fully saturated rings. The van der Waals surface area contributed by atoms with Gasteiger partial charge in [0, 0.05) is 25.2 Å². The Morgan fingerprint density at radius 3 is 2.65 bits per heavy atom. The van der Waals surface area contributed by atoms with Crippen molar-refractivity contribution in [1.82, 2.24) is 15.2 Å². The third kappa shape index (κ3) is 3.55. The van der Waals surface area contributed by atoms with Gasteiger partial charge in [0.25, 0.3) is 0 Å². The minimum absolute atomic E-state index is 0.260. The van der Waals surface area contributed by atoms with Crippen LogP contribution in [0.25, 0.3) is 0 Å². The molecular weight excluding hydrogens is 253 g/mol. The van der Waals surface area contributed by atoms with Crippen LogP contribution in [0, 0.1) is 11.7 Å². The molecule has 110 valence electrons. The zero-order valence-electron chi connectivity index (χ0n) is 12.2. The van der Waals surface area contributed by atoms with Crippen molar-refractivity contribution in [3.63, 3.8) is 0 Å². The van der Waals surface area contributed by atoms with E-state index in [1.165, 1.54) is 44.5 Å². The number of piperidine rings is 1. The number of aromatic nitrogens is 1. The maximum atomic E-state index is 12.9. The zero-order valence-corrected chi connectivity index (χ0v) is 12.2. The maximum Gasteiger partial charge on any atom is 0.141 e. The lowest BCUT2D eigenvalue weighted by Crippen LogP contribution is -2.44. The number of nitrogens with zero attached hydrogens (tertiary/aromatic N) is 2. The van der Waals surface area contributed by atoms with Crippen molar-refractivity contribution in [2.45, 2.75) is 44.7 Å². The summed E-state index contributed by atoms with van der Waals surface area (Å²) >= 11 is 0. The van der Waals surface area contributed by atoms with Crippen LogP contribution in [0.4, 0.5) is 4.39 Å². The lowest BCUT2D eigenvalue weighted by atomic mass is 10.0. The van der Waals surface area contributed by atoms with Crippen LogP contribution in [0.5, 0.6) is 0 Å². The first kappa shape index (κ1) is 14.0. The Kier molecular flexibility index (Phi) is 4.32. The number of likely N-dealkylation sites (tertiary alicyclic amines) is 1. The van der Waals surface area contributed by atoms with Crippen molar-refractivity contribution in [3.05, 3.63) is 29.8 Å². The van der Waals surface area contributed by atoms with Crippen molar-refractivity contribution in [2.75, 3.05) is 19.6 Å². The molecule has 0 spiro atoms. The monoisotopic (exact) mass is 277 g/mol. The Morgan fingerprint density at radius 2 is 2.05 bits per heavy atom. The first-order valence-electron chi connectivity index (χ1n) is 7.81. The van der Waals surface area contributed by atoms with Gasteiger partial charge in [-0.1, -0.05) is 0 Å². The van der Waals surface area contributed by atoms with Gasteiger partial charge in [0.2, 0.25) is 0 Å². The highest BCUT2D eigenvalue weighted by atomic mass is 19.1. The highest BCUT2D eigenvalue weighted by molar-refractivity contribution is 5.09. The topological polar surface area (TPSA) is 28.2 Å². The van der Waals surface area contributed by atoms with Gasteiger partial charge in [-0.05, 0) is 57.2 Å². The van der Waals surface area contributed by atoms with Crippen LogP contribution in [-0.2, 0) is 0 Å². The predicted molar refractivity (Wildman–Crippen MR) is 77.9 cm³/mol. The van der Waals surface area contributed by atoms with E-state index in [0.717, 1.165) is 24.7 Å². The highest BCUT2D eigenvalue weighted by Crippen LogP contribution is 2.28. The van der Waals surface area contributed by atoms with Crippen LogP contribution in [0.3, 0.4) is 0 Å². The molecule has 0 bridgehead atoms. The molecular formula is C16H24FN3. The molecule has 0 amide bonds. The first-order chi connectivity index (χ1) is 9.72. The molecule has 2 heterocycles. The van der Waals surface area contributed by atoms with Gasteiger partial charge < -0.3 is 5.32 Å². The van der Waals surface area contributed by atoms with Gasteiger partial charge in [-0.2, -0.15) is 0 Å². The van der Waals surface area contributed by atoms with Crippen molar-refractivity contribution >= 4 is 0 Å². The fourth-order valence-corrected chi connectivity index (χ4v) is 2.97. The van der Waals surface area contributed by atoms with Gasteiger partial charge in [-0.25, -0.2) is 4.39 Å². The van der Waals surface area contributed by atoms with Crippen LogP contribution in [0.1, 0.15) is 44.3 Å². The summed E-state index contributed by atoms with van der Waals surface area (Å²) in [7, 11) is 0. The Hall–Kier alpha value is -1.00. The van der Waals surface area contributed by atoms with E-state index in [0.29, 0.717) is 6.04 Å². The third-order valence-electron chi connectivity index (χ3n) is 4.65. The van der Waals surface area contributed by atoms with Crippen molar-refractivity contribution in [3.8, 4) is 0 Å². The van der Waals surface area contributed by atoms with Crippen LogP contribution in [-0.4, -0.2) is 35.6 Å². The molecule has 4 heteroatoms. The summed E-state index contributed by atoms with van der Waals surface area (Å²) in [6, 6.07) is 4.26. The molecule has 1 aromatic rings. The normalized spacial score (nSPS) is 22.9. The SMILES string of the molecule is CC(c1ccc(F)cn1)N1CCC(NCC2CC2)CC1. The van der Waals surface area contributed by atoms with Crippen molar-refractivity contribution in [1.29, 1.82) is 0 Å². The second kappa shape index (κ2) is 6.19. The minimum atomic E-state index is -0.260. The average molecular weight is 277 g/mol. The fraction of sp³-hybridized carbons (Fsp3) is 0.688. The predicted octanol–water partition coefficient (Wildman–Crippen LogP) is 2.75. The van der Waals surface area contributed by atoms with E-state index in [1.54, 1.807) is 6.07 Å². The lowest BCUT2D eigenvalue weighted by Gasteiger charge is -2.36. The molecule has 0 radical (unpaired) electrons. The number of pyridine rings is 1. The van der Waals surface area contributed by atoms with Gasteiger partial charge in [0.15, 0.2) is 0 Å². The van der Waals surface area contributed by atoms with Gasteiger partial charge in [-0.15, -0.1) is 0 Å². The third-order valence-corrected chi connectivity index (χ3v) is 4.65. The zero-order chi connectivity index (χ0) is 13.9. The largest absolute Gasteiger partial charge is 0.314 e. The fourth-order valence-electron chi connectivity index (χ4n) is 2.97. The quantitative estimate of drug-likeness (QED) is 0.897. The smallest absolute Gasteiger partial charge is 0.141 e. The number of nitrogens with one attached hydrogen (secondary N) is 1. The Balaban J connectivity index is 1.47. The maximum absolute atomic E-state index is 12.9. The summed E-state index contributed by atoms with van der Waals surface area (Å²) in [5, 5.41) is 3.70.